The number of aromatic nitrogens is 5. The van der Waals surface area contributed by atoms with Crippen molar-refractivity contribution in [1.82, 2.24) is 25.2 Å². The molecule has 0 fully saturated rings. The SMILES string of the molecule is c1ccc(-n2cc(-c3cn[nH]c3)nn2)cc1. The topological polar surface area (TPSA) is 59.4 Å². The van der Waals surface area contributed by atoms with Gasteiger partial charge in [0.1, 0.15) is 5.69 Å². The summed E-state index contributed by atoms with van der Waals surface area (Å²) >= 11 is 0. The van der Waals surface area contributed by atoms with Gasteiger partial charge in [0, 0.05) is 11.8 Å². The van der Waals surface area contributed by atoms with Crippen LogP contribution < -0.4 is 0 Å². The summed E-state index contributed by atoms with van der Waals surface area (Å²) in [6, 6.07) is 9.86. The quantitative estimate of drug-likeness (QED) is 0.701. The number of hydrogen-bond acceptors (Lipinski definition) is 3. The Morgan fingerprint density at radius 1 is 1.12 bits per heavy atom. The van der Waals surface area contributed by atoms with Crippen molar-refractivity contribution >= 4 is 0 Å². The van der Waals surface area contributed by atoms with E-state index in [-0.39, 0.29) is 0 Å². The summed E-state index contributed by atoms with van der Waals surface area (Å²) in [7, 11) is 0. The number of hydrogen-bond donors (Lipinski definition) is 1. The van der Waals surface area contributed by atoms with E-state index in [9.17, 15) is 0 Å². The second kappa shape index (κ2) is 3.62. The van der Waals surface area contributed by atoms with Crippen molar-refractivity contribution in [2.24, 2.45) is 0 Å². The van der Waals surface area contributed by atoms with Gasteiger partial charge in [0.2, 0.25) is 0 Å². The lowest BCUT2D eigenvalue weighted by Gasteiger charge is -1.96. The fraction of sp³-hybridized carbons (Fsp3) is 0. The summed E-state index contributed by atoms with van der Waals surface area (Å²) in [5.74, 6) is 0. The molecule has 2 heterocycles. The van der Waals surface area contributed by atoms with Crippen LogP contribution >= 0.6 is 0 Å². The standard InChI is InChI=1S/C11H9N5/c1-2-4-10(5-3-1)16-8-11(14-15-16)9-6-12-13-7-9/h1-8H,(H,12,13). The first-order chi connectivity index (χ1) is 7.93. The van der Waals surface area contributed by atoms with Gasteiger partial charge in [0.05, 0.1) is 18.1 Å². The predicted molar refractivity (Wildman–Crippen MR) is 58.9 cm³/mol. The van der Waals surface area contributed by atoms with E-state index in [0.717, 1.165) is 16.9 Å². The number of benzene rings is 1. The maximum atomic E-state index is 4.09. The van der Waals surface area contributed by atoms with Gasteiger partial charge in [-0.15, -0.1) is 5.10 Å². The molecule has 0 spiro atoms. The zero-order valence-electron chi connectivity index (χ0n) is 8.41. The Kier molecular flexibility index (Phi) is 2.00. The van der Waals surface area contributed by atoms with Crippen LogP contribution in [0, 0.1) is 0 Å². The van der Waals surface area contributed by atoms with Crippen molar-refractivity contribution < 1.29 is 0 Å². The summed E-state index contributed by atoms with van der Waals surface area (Å²) < 4.78 is 1.74. The van der Waals surface area contributed by atoms with Crippen LogP contribution in [0.5, 0.6) is 0 Å². The molecular formula is C11H9N5. The summed E-state index contributed by atoms with van der Waals surface area (Å²) in [5, 5.41) is 14.8. The molecule has 1 N–H and O–H groups in total. The molecule has 5 nitrogen and oxygen atoms in total. The van der Waals surface area contributed by atoms with Crippen molar-refractivity contribution in [3.05, 3.63) is 48.9 Å². The highest BCUT2D eigenvalue weighted by Gasteiger charge is 2.05. The van der Waals surface area contributed by atoms with E-state index in [4.69, 9.17) is 0 Å². The number of nitrogens with zero attached hydrogens (tertiary/aromatic N) is 4. The molecule has 0 aliphatic heterocycles. The summed E-state index contributed by atoms with van der Waals surface area (Å²) in [4.78, 5) is 0. The zero-order valence-corrected chi connectivity index (χ0v) is 8.41. The molecular weight excluding hydrogens is 202 g/mol. The van der Waals surface area contributed by atoms with Crippen molar-refractivity contribution in [1.29, 1.82) is 0 Å². The Morgan fingerprint density at radius 2 is 2.00 bits per heavy atom. The molecule has 78 valence electrons. The highest BCUT2D eigenvalue weighted by molar-refractivity contribution is 5.55. The van der Waals surface area contributed by atoms with E-state index in [1.54, 1.807) is 17.1 Å². The highest BCUT2D eigenvalue weighted by atomic mass is 15.4. The molecule has 3 aromatic rings. The minimum Gasteiger partial charge on any atom is -0.285 e. The van der Waals surface area contributed by atoms with Crippen molar-refractivity contribution in [2.45, 2.75) is 0 Å². The Bertz CT molecular complexity index is 567. The minimum absolute atomic E-state index is 0.803. The first-order valence-corrected chi connectivity index (χ1v) is 4.90. The van der Waals surface area contributed by atoms with Crippen molar-refractivity contribution in [3.63, 3.8) is 0 Å². The number of nitrogens with one attached hydrogen (secondary N) is 1. The van der Waals surface area contributed by atoms with Crippen LogP contribution in [-0.4, -0.2) is 25.2 Å². The fourth-order valence-corrected chi connectivity index (χ4v) is 1.49. The van der Waals surface area contributed by atoms with Crippen LogP contribution in [-0.2, 0) is 0 Å². The van der Waals surface area contributed by atoms with Gasteiger partial charge in [-0.05, 0) is 12.1 Å². The Hall–Kier alpha value is -2.43. The first kappa shape index (κ1) is 8.84. The third-order valence-electron chi connectivity index (χ3n) is 2.31. The average Bonchev–Trinajstić information content (AvgIpc) is 3.01. The van der Waals surface area contributed by atoms with Gasteiger partial charge in [-0.1, -0.05) is 23.4 Å². The molecule has 0 aliphatic carbocycles. The van der Waals surface area contributed by atoms with E-state index in [1.165, 1.54) is 0 Å². The van der Waals surface area contributed by atoms with E-state index in [1.807, 2.05) is 36.5 Å². The molecule has 5 heteroatoms. The van der Waals surface area contributed by atoms with Gasteiger partial charge in [-0.2, -0.15) is 5.10 Å². The molecule has 0 atom stereocenters. The van der Waals surface area contributed by atoms with Gasteiger partial charge < -0.3 is 0 Å². The Balaban J connectivity index is 2.00. The lowest BCUT2D eigenvalue weighted by molar-refractivity contribution is 0.804. The van der Waals surface area contributed by atoms with Gasteiger partial charge in [0.15, 0.2) is 0 Å². The van der Waals surface area contributed by atoms with Gasteiger partial charge in [-0.25, -0.2) is 4.68 Å². The second-order valence-electron chi connectivity index (χ2n) is 3.37. The molecule has 0 unspecified atom stereocenters. The Labute approximate surface area is 91.7 Å². The summed E-state index contributed by atoms with van der Waals surface area (Å²) in [5.41, 5.74) is 2.73. The maximum Gasteiger partial charge on any atom is 0.116 e. The Morgan fingerprint density at radius 3 is 2.75 bits per heavy atom. The number of aromatic amines is 1. The monoisotopic (exact) mass is 211 g/mol. The van der Waals surface area contributed by atoms with Crippen LogP contribution in [0.3, 0.4) is 0 Å². The average molecular weight is 211 g/mol. The molecule has 0 bridgehead atoms. The third kappa shape index (κ3) is 1.48. The smallest absolute Gasteiger partial charge is 0.116 e. The second-order valence-corrected chi connectivity index (χ2v) is 3.37. The van der Waals surface area contributed by atoms with Crippen molar-refractivity contribution in [3.8, 4) is 16.9 Å². The molecule has 0 radical (unpaired) electrons. The molecule has 1 aromatic carbocycles. The van der Waals surface area contributed by atoms with Gasteiger partial charge in [-0.3, -0.25) is 5.10 Å². The van der Waals surface area contributed by atoms with Crippen LogP contribution in [0.2, 0.25) is 0 Å². The van der Waals surface area contributed by atoms with E-state index < -0.39 is 0 Å². The lowest BCUT2D eigenvalue weighted by atomic mass is 10.3. The number of para-hydroxylation sites is 1. The molecule has 0 amide bonds. The maximum absolute atomic E-state index is 4.09. The highest BCUT2D eigenvalue weighted by Crippen LogP contribution is 2.15. The third-order valence-corrected chi connectivity index (χ3v) is 2.31. The zero-order chi connectivity index (χ0) is 10.8. The lowest BCUT2D eigenvalue weighted by Crippen LogP contribution is -1.93. The van der Waals surface area contributed by atoms with Crippen LogP contribution in [0.4, 0.5) is 0 Å². The largest absolute Gasteiger partial charge is 0.285 e. The van der Waals surface area contributed by atoms with Gasteiger partial charge >= 0.3 is 0 Å². The first-order valence-electron chi connectivity index (χ1n) is 4.90. The van der Waals surface area contributed by atoms with E-state index in [2.05, 4.69) is 20.5 Å². The molecule has 3 rings (SSSR count). The molecule has 0 saturated heterocycles. The van der Waals surface area contributed by atoms with Crippen LogP contribution in [0.15, 0.2) is 48.9 Å². The van der Waals surface area contributed by atoms with E-state index >= 15 is 0 Å². The predicted octanol–water partition coefficient (Wildman–Crippen LogP) is 1.66. The number of rotatable bonds is 2. The molecule has 0 saturated carbocycles. The van der Waals surface area contributed by atoms with E-state index in [0.29, 0.717) is 0 Å². The fourth-order valence-electron chi connectivity index (χ4n) is 1.49. The number of H-pyrrole nitrogens is 1. The molecule has 16 heavy (non-hydrogen) atoms. The van der Waals surface area contributed by atoms with Gasteiger partial charge in [0.25, 0.3) is 0 Å². The van der Waals surface area contributed by atoms with Crippen LogP contribution in [0.25, 0.3) is 16.9 Å². The van der Waals surface area contributed by atoms with Crippen LogP contribution in [0.1, 0.15) is 0 Å². The summed E-state index contributed by atoms with van der Waals surface area (Å²) in [6.45, 7) is 0. The minimum atomic E-state index is 0.803. The normalized spacial score (nSPS) is 10.5. The summed E-state index contributed by atoms with van der Waals surface area (Å²) in [6.07, 6.45) is 5.39. The molecule has 0 aliphatic rings. The van der Waals surface area contributed by atoms with Crippen molar-refractivity contribution in [2.75, 3.05) is 0 Å². The molecule has 2 aromatic heterocycles.